The van der Waals surface area contributed by atoms with Gasteiger partial charge in [0.1, 0.15) is 0 Å². The van der Waals surface area contributed by atoms with Gasteiger partial charge in [-0.15, -0.1) is 11.8 Å². The van der Waals surface area contributed by atoms with Crippen LogP contribution in [0.3, 0.4) is 0 Å². The molecule has 1 saturated heterocycles. The molecule has 1 N–H and O–H groups in total. The van der Waals surface area contributed by atoms with Crippen LogP contribution in [0.2, 0.25) is 0 Å². The molecule has 1 aromatic rings. The highest BCUT2D eigenvalue weighted by Crippen LogP contribution is 2.35. The summed E-state index contributed by atoms with van der Waals surface area (Å²) in [6.07, 6.45) is 9.83. The summed E-state index contributed by atoms with van der Waals surface area (Å²) in [5, 5.41) is 4.59. The Labute approximate surface area is 132 Å². The standard InChI is InChI=1S/C18H26N2S/c1-2-4-17(3-1)21-18-9-5-14(6-10-18)19-15-11-12-20(13-15)16-7-8-16/h5-6,9-10,15-17,19H,1-4,7-8,11-13H2. The summed E-state index contributed by atoms with van der Waals surface area (Å²) in [4.78, 5) is 4.11. The predicted molar refractivity (Wildman–Crippen MR) is 91.2 cm³/mol. The Morgan fingerprint density at radius 2 is 1.71 bits per heavy atom. The number of benzene rings is 1. The maximum atomic E-state index is 3.72. The first-order valence-electron chi connectivity index (χ1n) is 8.64. The lowest BCUT2D eigenvalue weighted by Gasteiger charge is -2.17. The fraction of sp³-hybridized carbons (Fsp3) is 0.667. The normalized spacial score (nSPS) is 27.3. The molecule has 2 saturated carbocycles. The molecule has 3 aliphatic rings. The second kappa shape index (κ2) is 6.21. The van der Waals surface area contributed by atoms with Crippen LogP contribution in [0.1, 0.15) is 44.9 Å². The van der Waals surface area contributed by atoms with Crippen molar-refractivity contribution in [1.82, 2.24) is 4.90 Å². The van der Waals surface area contributed by atoms with Crippen molar-refractivity contribution in [3.05, 3.63) is 24.3 Å². The minimum Gasteiger partial charge on any atom is -0.381 e. The first-order valence-corrected chi connectivity index (χ1v) is 9.52. The molecule has 2 aliphatic carbocycles. The van der Waals surface area contributed by atoms with E-state index in [9.17, 15) is 0 Å². The summed E-state index contributed by atoms with van der Waals surface area (Å²) in [6, 6.07) is 10.7. The van der Waals surface area contributed by atoms with Crippen LogP contribution < -0.4 is 5.32 Å². The summed E-state index contributed by atoms with van der Waals surface area (Å²) >= 11 is 2.08. The van der Waals surface area contributed by atoms with E-state index in [0.29, 0.717) is 6.04 Å². The van der Waals surface area contributed by atoms with Gasteiger partial charge in [-0.2, -0.15) is 0 Å². The minimum atomic E-state index is 0.652. The van der Waals surface area contributed by atoms with Crippen molar-refractivity contribution in [2.75, 3.05) is 18.4 Å². The number of thioether (sulfide) groups is 1. The lowest BCUT2D eigenvalue weighted by molar-refractivity contribution is 0.326. The molecule has 114 valence electrons. The maximum Gasteiger partial charge on any atom is 0.0400 e. The lowest BCUT2D eigenvalue weighted by atomic mass is 10.2. The van der Waals surface area contributed by atoms with Crippen molar-refractivity contribution in [2.24, 2.45) is 0 Å². The number of nitrogens with zero attached hydrogens (tertiary/aromatic N) is 1. The van der Waals surface area contributed by atoms with E-state index >= 15 is 0 Å². The van der Waals surface area contributed by atoms with Crippen LogP contribution in [-0.2, 0) is 0 Å². The zero-order chi connectivity index (χ0) is 14.1. The number of likely N-dealkylation sites (tertiary alicyclic amines) is 1. The molecule has 0 spiro atoms. The van der Waals surface area contributed by atoms with Crippen LogP contribution in [0.5, 0.6) is 0 Å². The van der Waals surface area contributed by atoms with Crippen molar-refractivity contribution in [3.8, 4) is 0 Å². The molecule has 0 radical (unpaired) electrons. The van der Waals surface area contributed by atoms with Gasteiger partial charge in [-0.3, -0.25) is 4.90 Å². The van der Waals surface area contributed by atoms with Gasteiger partial charge in [-0.25, -0.2) is 0 Å². The molecule has 1 aliphatic heterocycles. The number of anilines is 1. The Morgan fingerprint density at radius 1 is 0.952 bits per heavy atom. The molecule has 3 heteroatoms. The van der Waals surface area contributed by atoms with Crippen molar-refractivity contribution < 1.29 is 0 Å². The molecule has 1 atom stereocenters. The second-order valence-corrected chi connectivity index (χ2v) is 8.28. The number of nitrogens with one attached hydrogen (secondary N) is 1. The summed E-state index contributed by atoms with van der Waals surface area (Å²) < 4.78 is 0. The fourth-order valence-electron chi connectivity index (χ4n) is 3.74. The van der Waals surface area contributed by atoms with Crippen LogP contribution in [0.25, 0.3) is 0 Å². The van der Waals surface area contributed by atoms with Gasteiger partial charge in [0.2, 0.25) is 0 Å². The van der Waals surface area contributed by atoms with Gasteiger partial charge < -0.3 is 5.32 Å². The third kappa shape index (κ3) is 3.57. The van der Waals surface area contributed by atoms with Crippen molar-refractivity contribution in [2.45, 2.75) is 67.2 Å². The molecule has 2 nitrogen and oxygen atoms in total. The number of hydrogen-bond acceptors (Lipinski definition) is 3. The quantitative estimate of drug-likeness (QED) is 0.869. The van der Waals surface area contributed by atoms with Gasteiger partial charge in [-0.1, -0.05) is 12.8 Å². The molecule has 1 unspecified atom stereocenters. The van der Waals surface area contributed by atoms with E-state index in [0.717, 1.165) is 11.3 Å². The SMILES string of the molecule is c1cc(SC2CCCC2)ccc1NC1CCN(C2CC2)C1. The fourth-order valence-corrected chi connectivity index (χ4v) is 4.99. The van der Waals surface area contributed by atoms with E-state index < -0.39 is 0 Å². The summed E-state index contributed by atoms with van der Waals surface area (Å²) in [6.45, 7) is 2.53. The average molecular weight is 302 g/mol. The number of hydrogen-bond donors (Lipinski definition) is 1. The van der Waals surface area contributed by atoms with E-state index in [1.54, 1.807) is 0 Å². The van der Waals surface area contributed by atoms with E-state index in [2.05, 4.69) is 46.2 Å². The van der Waals surface area contributed by atoms with Gasteiger partial charge in [0, 0.05) is 41.0 Å². The Kier molecular flexibility index (Phi) is 4.13. The van der Waals surface area contributed by atoms with E-state index in [1.165, 1.54) is 68.6 Å². The van der Waals surface area contributed by atoms with Crippen LogP contribution >= 0.6 is 11.8 Å². The highest BCUT2D eigenvalue weighted by atomic mass is 32.2. The van der Waals surface area contributed by atoms with Crippen LogP contribution in [0.4, 0.5) is 5.69 Å². The Morgan fingerprint density at radius 3 is 2.43 bits per heavy atom. The molecular formula is C18H26N2S. The molecular weight excluding hydrogens is 276 g/mol. The molecule has 0 aromatic heterocycles. The maximum absolute atomic E-state index is 3.72. The summed E-state index contributed by atoms with van der Waals surface area (Å²) in [5.41, 5.74) is 1.30. The molecule has 21 heavy (non-hydrogen) atoms. The molecule has 1 aromatic carbocycles. The molecule has 0 bridgehead atoms. The second-order valence-electron chi connectivity index (χ2n) is 6.90. The predicted octanol–water partition coefficient (Wildman–Crippen LogP) is 4.37. The molecule has 4 rings (SSSR count). The van der Waals surface area contributed by atoms with Crippen LogP contribution in [0, 0.1) is 0 Å². The average Bonchev–Trinajstić information content (AvgIpc) is 3.03. The highest BCUT2D eigenvalue weighted by Gasteiger charge is 2.34. The monoisotopic (exact) mass is 302 g/mol. The topological polar surface area (TPSA) is 15.3 Å². The van der Waals surface area contributed by atoms with E-state index in [4.69, 9.17) is 0 Å². The lowest BCUT2D eigenvalue weighted by Crippen LogP contribution is -2.27. The largest absolute Gasteiger partial charge is 0.381 e. The van der Waals surface area contributed by atoms with Gasteiger partial charge in [0.15, 0.2) is 0 Å². The zero-order valence-corrected chi connectivity index (χ0v) is 13.6. The summed E-state index contributed by atoms with van der Waals surface area (Å²) in [7, 11) is 0. The van der Waals surface area contributed by atoms with E-state index in [1.807, 2.05) is 0 Å². The van der Waals surface area contributed by atoms with Crippen LogP contribution in [0.15, 0.2) is 29.2 Å². The first kappa shape index (κ1) is 14.0. The van der Waals surface area contributed by atoms with Gasteiger partial charge in [-0.05, 0) is 56.4 Å². The van der Waals surface area contributed by atoms with Gasteiger partial charge in [0.25, 0.3) is 0 Å². The first-order chi connectivity index (χ1) is 10.4. The van der Waals surface area contributed by atoms with Crippen molar-refractivity contribution in [1.29, 1.82) is 0 Å². The van der Waals surface area contributed by atoms with E-state index in [-0.39, 0.29) is 0 Å². The highest BCUT2D eigenvalue weighted by molar-refractivity contribution is 8.00. The van der Waals surface area contributed by atoms with Crippen molar-refractivity contribution >= 4 is 17.4 Å². The Hall–Kier alpha value is -0.670. The minimum absolute atomic E-state index is 0.652. The van der Waals surface area contributed by atoms with Crippen LogP contribution in [-0.4, -0.2) is 35.3 Å². The number of rotatable bonds is 5. The molecule has 0 amide bonds. The smallest absolute Gasteiger partial charge is 0.0400 e. The molecule has 3 fully saturated rings. The van der Waals surface area contributed by atoms with Gasteiger partial charge >= 0.3 is 0 Å². The van der Waals surface area contributed by atoms with Crippen molar-refractivity contribution in [3.63, 3.8) is 0 Å². The molecule has 1 heterocycles. The summed E-state index contributed by atoms with van der Waals surface area (Å²) in [5.74, 6) is 0. The zero-order valence-electron chi connectivity index (χ0n) is 12.8. The third-order valence-electron chi connectivity index (χ3n) is 5.11. The Bertz CT molecular complexity index is 463. The Balaban J connectivity index is 1.29. The van der Waals surface area contributed by atoms with Gasteiger partial charge in [0.05, 0.1) is 0 Å². The third-order valence-corrected chi connectivity index (χ3v) is 6.46.